The predicted octanol–water partition coefficient (Wildman–Crippen LogP) is 0.968. The first-order valence-electron chi connectivity index (χ1n) is 5.75. The van der Waals surface area contributed by atoms with Crippen molar-refractivity contribution in [1.29, 1.82) is 0 Å². The number of hydrogen-bond donors (Lipinski definition) is 2. The van der Waals surface area contributed by atoms with Gasteiger partial charge < -0.3 is 11.1 Å². The van der Waals surface area contributed by atoms with Gasteiger partial charge in [0.1, 0.15) is 5.84 Å². The van der Waals surface area contributed by atoms with Gasteiger partial charge in [-0.3, -0.25) is 9.98 Å². The Morgan fingerprint density at radius 2 is 2.28 bits per heavy atom. The molecule has 3 rings (SSSR count). The molecule has 1 atom stereocenters. The van der Waals surface area contributed by atoms with Crippen LogP contribution in [0.2, 0.25) is 0 Å². The van der Waals surface area contributed by atoms with Crippen molar-refractivity contribution in [3.05, 3.63) is 54.3 Å². The summed E-state index contributed by atoms with van der Waals surface area (Å²) in [6.07, 6.45) is 8.99. The Bertz CT molecular complexity index is 568. The van der Waals surface area contributed by atoms with Crippen LogP contribution < -0.4 is 11.1 Å². The lowest BCUT2D eigenvalue weighted by molar-refractivity contribution is 0.900. The van der Waals surface area contributed by atoms with E-state index in [1.54, 1.807) is 18.6 Å². The average Bonchev–Trinajstić information content (AvgIpc) is 2.80. The Labute approximate surface area is 105 Å². The number of rotatable bonds is 2. The smallest absolute Gasteiger partial charge is 0.148 e. The van der Waals surface area contributed by atoms with Crippen LogP contribution in [-0.2, 0) is 6.54 Å². The van der Waals surface area contributed by atoms with Gasteiger partial charge in [0.2, 0.25) is 0 Å². The summed E-state index contributed by atoms with van der Waals surface area (Å²) >= 11 is 0. The van der Waals surface area contributed by atoms with Crippen LogP contribution in [0.4, 0.5) is 0 Å². The highest BCUT2D eigenvalue weighted by Crippen LogP contribution is 2.20. The number of aromatic nitrogens is 1. The van der Waals surface area contributed by atoms with Gasteiger partial charge in [-0.05, 0) is 11.6 Å². The standard InChI is InChI=1S/C13H13N5/c14-11-8-17-12-10(11)3-5-16-13(12)18-7-9-2-1-4-15-6-9/h1-6,8,10H,7,14H2,(H,16,18). The number of nitrogens with zero attached hydrogens (tertiary/aromatic N) is 3. The first-order valence-corrected chi connectivity index (χ1v) is 5.75. The number of aliphatic imine (C=N–C) groups is 2. The molecule has 0 radical (unpaired) electrons. The van der Waals surface area contributed by atoms with Crippen molar-refractivity contribution < 1.29 is 0 Å². The summed E-state index contributed by atoms with van der Waals surface area (Å²) in [5.74, 6) is 0.849. The summed E-state index contributed by atoms with van der Waals surface area (Å²) in [4.78, 5) is 12.7. The molecule has 2 aliphatic heterocycles. The van der Waals surface area contributed by atoms with Crippen molar-refractivity contribution >= 4 is 11.5 Å². The van der Waals surface area contributed by atoms with Gasteiger partial charge in [-0.1, -0.05) is 12.1 Å². The van der Waals surface area contributed by atoms with Crippen molar-refractivity contribution in [3.63, 3.8) is 0 Å². The number of amidine groups is 1. The van der Waals surface area contributed by atoms with Crippen molar-refractivity contribution in [2.24, 2.45) is 21.6 Å². The maximum atomic E-state index is 5.86. The fourth-order valence-corrected chi connectivity index (χ4v) is 1.97. The van der Waals surface area contributed by atoms with Crippen LogP contribution in [0, 0.1) is 5.92 Å². The zero-order chi connectivity index (χ0) is 12.4. The van der Waals surface area contributed by atoms with Crippen molar-refractivity contribution in [2.75, 3.05) is 0 Å². The zero-order valence-electron chi connectivity index (χ0n) is 9.74. The van der Waals surface area contributed by atoms with Crippen LogP contribution in [0.1, 0.15) is 5.56 Å². The molecule has 3 heterocycles. The summed E-state index contributed by atoms with van der Waals surface area (Å²) < 4.78 is 0. The third-order valence-corrected chi connectivity index (χ3v) is 2.91. The van der Waals surface area contributed by atoms with E-state index in [4.69, 9.17) is 5.73 Å². The number of nitrogens with one attached hydrogen (secondary N) is 1. The molecule has 90 valence electrons. The first kappa shape index (κ1) is 10.7. The zero-order valence-corrected chi connectivity index (χ0v) is 9.74. The van der Waals surface area contributed by atoms with Crippen molar-refractivity contribution in [2.45, 2.75) is 6.54 Å². The molecule has 18 heavy (non-hydrogen) atoms. The van der Waals surface area contributed by atoms with Gasteiger partial charge in [-0.25, -0.2) is 4.99 Å². The van der Waals surface area contributed by atoms with E-state index >= 15 is 0 Å². The Morgan fingerprint density at radius 3 is 3.11 bits per heavy atom. The fourth-order valence-electron chi connectivity index (χ4n) is 1.97. The van der Waals surface area contributed by atoms with E-state index in [9.17, 15) is 0 Å². The normalized spacial score (nSPS) is 20.9. The van der Waals surface area contributed by atoms with Crippen molar-refractivity contribution in [1.82, 2.24) is 10.3 Å². The van der Waals surface area contributed by atoms with Gasteiger partial charge in [0.25, 0.3) is 0 Å². The number of allylic oxidation sites excluding steroid dienone is 1. The Balaban J connectivity index is 1.71. The Morgan fingerprint density at radius 1 is 1.33 bits per heavy atom. The highest BCUT2D eigenvalue weighted by atomic mass is 15.0. The van der Waals surface area contributed by atoms with Crippen LogP contribution in [0.15, 0.2) is 58.7 Å². The van der Waals surface area contributed by atoms with E-state index in [0.29, 0.717) is 6.54 Å². The maximum absolute atomic E-state index is 5.86. The number of fused-ring (bicyclic) bond motifs is 1. The molecule has 0 fully saturated rings. The Kier molecular flexibility index (Phi) is 2.64. The molecular weight excluding hydrogens is 226 g/mol. The SMILES string of the molecule is NC1=CN=C2C(NCc3cccnc3)=NC=CC12. The predicted molar refractivity (Wildman–Crippen MR) is 70.8 cm³/mol. The second-order valence-electron chi connectivity index (χ2n) is 4.16. The molecule has 0 aliphatic carbocycles. The highest BCUT2D eigenvalue weighted by Gasteiger charge is 2.26. The first-order chi connectivity index (χ1) is 8.84. The number of pyridine rings is 1. The molecule has 1 aromatic rings. The van der Waals surface area contributed by atoms with Crippen molar-refractivity contribution in [3.8, 4) is 0 Å². The molecule has 5 heteroatoms. The molecule has 1 aromatic heterocycles. The van der Waals surface area contributed by atoms with Gasteiger partial charge in [0, 0.05) is 37.0 Å². The number of nitrogens with two attached hydrogens (primary N) is 1. The molecule has 5 nitrogen and oxygen atoms in total. The van der Waals surface area contributed by atoms with Gasteiger partial charge in [-0.2, -0.15) is 0 Å². The molecule has 0 spiro atoms. The van der Waals surface area contributed by atoms with Gasteiger partial charge >= 0.3 is 0 Å². The van der Waals surface area contributed by atoms with E-state index < -0.39 is 0 Å². The highest BCUT2D eigenvalue weighted by molar-refractivity contribution is 6.44. The monoisotopic (exact) mass is 239 g/mol. The van der Waals surface area contributed by atoms with Crippen LogP contribution in [0.25, 0.3) is 0 Å². The molecule has 0 aromatic carbocycles. The quantitative estimate of drug-likeness (QED) is 0.807. The number of hydrogen-bond acceptors (Lipinski definition) is 5. The average molecular weight is 239 g/mol. The molecule has 0 saturated heterocycles. The van der Waals surface area contributed by atoms with Gasteiger partial charge in [-0.15, -0.1) is 0 Å². The summed E-state index contributed by atoms with van der Waals surface area (Å²) in [5.41, 5.74) is 8.61. The molecular formula is C13H13N5. The van der Waals surface area contributed by atoms with Gasteiger partial charge in [0.05, 0.1) is 11.6 Å². The van der Waals surface area contributed by atoms with E-state index in [0.717, 1.165) is 22.8 Å². The molecule has 0 amide bonds. The third-order valence-electron chi connectivity index (χ3n) is 2.91. The van der Waals surface area contributed by atoms with Crippen LogP contribution in [-0.4, -0.2) is 16.5 Å². The minimum absolute atomic E-state index is 0.0684. The van der Waals surface area contributed by atoms with E-state index in [2.05, 4.69) is 20.3 Å². The topological polar surface area (TPSA) is 75.7 Å². The Hall–Kier alpha value is -2.43. The maximum Gasteiger partial charge on any atom is 0.148 e. The molecule has 0 bridgehead atoms. The fraction of sp³-hybridized carbons (Fsp3) is 0.154. The van der Waals surface area contributed by atoms with E-state index in [1.165, 1.54) is 0 Å². The third kappa shape index (κ3) is 1.90. The second kappa shape index (κ2) is 4.44. The van der Waals surface area contributed by atoms with E-state index in [1.807, 2.05) is 24.4 Å². The largest absolute Gasteiger partial charge is 0.400 e. The van der Waals surface area contributed by atoms with Crippen LogP contribution >= 0.6 is 0 Å². The summed E-state index contributed by atoms with van der Waals surface area (Å²) in [6, 6.07) is 3.93. The molecule has 0 saturated carbocycles. The second-order valence-corrected chi connectivity index (χ2v) is 4.16. The lowest BCUT2D eigenvalue weighted by Crippen LogP contribution is -2.36. The minimum atomic E-state index is 0.0684. The molecule has 3 N–H and O–H groups in total. The summed E-state index contributed by atoms with van der Waals surface area (Å²) in [7, 11) is 0. The summed E-state index contributed by atoms with van der Waals surface area (Å²) in [6.45, 7) is 0.673. The molecule has 2 aliphatic rings. The van der Waals surface area contributed by atoms with E-state index in [-0.39, 0.29) is 5.92 Å². The van der Waals surface area contributed by atoms with Crippen LogP contribution in [0.5, 0.6) is 0 Å². The minimum Gasteiger partial charge on any atom is -0.400 e. The lowest BCUT2D eigenvalue weighted by Gasteiger charge is -2.17. The summed E-state index contributed by atoms with van der Waals surface area (Å²) in [5, 5.41) is 3.27. The lowest BCUT2D eigenvalue weighted by atomic mass is 9.99. The van der Waals surface area contributed by atoms with Gasteiger partial charge in [0.15, 0.2) is 0 Å². The molecule has 1 unspecified atom stereocenters. The van der Waals surface area contributed by atoms with Crippen LogP contribution in [0.3, 0.4) is 0 Å².